The quantitative estimate of drug-likeness (QED) is 0.842. The lowest BCUT2D eigenvalue weighted by Crippen LogP contribution is -2.46. The summed E-state index contributed by atoms with van der Waals surface area (Å²) < 4.78 is 0. The molecule has 1 saturated heterocycles. The van der Waals surface area contributed by atoms with Crippen LogP contribution in [0.4, 0.5) is 0 Å². The Bertz CT molecular complexity index is 525. The van der Waals surface area contributed by atoms with E-state index in [-0.39, 0.29) is 11.6 Å². The number of H-pyrrole nitrogens is 1. The number of carbonyl (C=O) groups is 2. The molecule has 2 rings (SSSR count). The Balaban J connectivity index is 2.10. The molecule has 1 aromatic rings. The van der Waals surface area contributed by atoms with Gasteiger partial charge in [-0.15, -0.1) is 0 Å². The lowest BCUT2D eigenvalue weighted by atomic mass is 10.1. The van der Waals surface area contributed by atoms with Gasteiger partial charge in [0.05, 0.1) is 12.2 Å². The van der Waals surface area contributed by atoms with Crippen molar-refractivity contribution in [3.8, 4) is 0 Å². The third-order valence-electron chi connectivity index (χ3n) is 4.03. The van der Waals surface area contributed by atoms with E-state index in [1.54, 1.807) is 0 Å². The first kappa shape index (κ1) is 14.9. The summed E-state index contributed by atoms with van der Waals surface area (Å²) in [6, 6.07) is 0. The van der Waals surface area contributed by atoms with E-state index in [1.807, 2.05) is 13.8 Å². The maximum Gasteiger partial charge on any atom is 0.193 e. The highest BCUT2D eigenvalue weighted by Crippen LogP contribution is 2.19. The molecule has 5 heteroatoms. The molecule has 0 aliphatic carbocycles. The summed E-state index contributed by atoms with van der Waals surface area (Å²) in [6.45, 7) is 9.47. The average molecular weight is 277 g/mol. The Kier molecular flexibility index (Phi) is 4.40. The van der Waals surface area contributed by atoms with E-state index in [1.165, 1.54) is 6.92 Å². The minimum Gasteiger partial charge on any atom is -0.355 e. The van der Waals surface area contributed by atoms with Crippen LogP contribution in [0.1, 0.15) is 39.0 Å². The van der Waals surface area contributed by atoms with E-state index in [0.717, 1.165) is 37.4 Å². The van der Waals surface area contributed by atoms with Crippen molar-refractivity contribution in [2.45, 2.75) is 20.8 Å². The topological polar surface area (TPSA) is 56.4 Å². The van der Waals surface area contributed by atoms with Gasteiger partial charge < -0.3 is 9.88 Å². The van der Waals surface area contributed by atoms with Crippen molar-refractivity contribution in [1.29, 1.82) is 0 Å². The largest absolute Gasteiger partial charge is 0.355 e. The SMILES string of the molecule is CC(=O)c1c(C)[nH]c(C(=O)CN2CCN(C)CC2)c1C. The van der Waals surface area contributed by atoms with Crippen molar-refractivity contribution >= 4 is 11.6 Å². The summed E-state index contributed by atoms with van der Waals surface area (Å²) in [6.07, 6.45) is 0. The minimum absolute atomic E-state index is 0.00916. The molecule has 1 fully saturated rings. The van der Waals surface area contributed by atoms with Gasteiger partial charge in [-0.05, 0) is 33.4 Å². The smallest absolute Gasteiger partial charge is 0.193 e. The van der Waals surface area contributed by atoms with E-state index in [4.69, 9.17) is 0 Å². The standard InChI is InChI=1S/C15H23N3O2/c1-10-14(12(3)19)11(2)16-15(10)13(20)9-18-7-5-17(4)6-8-18/h16H,5-9H2,1-4H3. The summed E-state index contributed by atoms with van der Waals surface area (Å²) in [5.41, 5.74) is 2.82. The van der Waals surface area contributed by atoms with Gasteiger partial charge in [0.1, 0.15) is 0 Å². The van der Waals surface area contributed by atoms with Gasteiger partial charge in [0.15, 0.2) is 11.6 Å². The van der Waals surface area contributed by atoms with Crippen LogP contribution in [0, 0.1) is 13.8 Å². The third-order valence-corrected chi connectivity index (χ3v) is 4.03. The Hall–Kier alpha value is -1.46. The van der Waals surface area contributed by atoms with Gasteiger partial charge in [0, 0.05) is 37.4 Å². The van der Waals surface area contributed by atoms with E-state index >= 15 is 0 Å². The molecule has 0 saturated carbocycles. The number of hydrogen-bond donors (Lipinski definition) is 1. The van der Waals surface area contributed by atoms with Crippen molar-refractivity contribution < 1.29 is 9.59 Å². The van der Waals surface area contributed by atoms with E-state index < -0.39 is 0 Å². The molecule has 1 aromatic heterocycles. The molecule has 1 aliphatic heterocycles. The van der Waals surface area contributed by atoms with Gasteiger partial charge in [-0.3, -0.25) is 14.5 Å². The summed E-state index contributed by atoms with van der Waals surface area (Å²) in [5.74, 6) is 0.0811. The van der Waals surface area contributed by atoms with Gasteiger partial charge in [0.25, 0.3) is 0 Å². The maximum atomic E-state index is 12.4. The maximum absolute atomic E-state index is 12.4. The van der Waals surface area contributed by atoms with E-state index in [9.17, 15) is 9.59 Å². The molecule has 1 N–H and O–H groups in total. The Labute approximate surface area is 119 Å². The van der Waals surface area contributed by atoms with Gasteiger partial charge in [-0.1, -0.05) is 0 Å². The number of Topliss-reactive ketones (excluding diaryl/α,β-unsaturated/α-hetero) is 2. The van der Waals surface area contributed by atoms with Crippen LogP contribution in [-0.4, -0.2) is 66.1 Å². The van der Waals surface area contributed by atoms with E-state index in [2.05, 4.69) is 21.8 Å². The van der Waals surface area contributed by atoms with Gasteiger partial charge >= 0.3 is 0 Å². The summed E-state index contributed by atoms with van der Waals surface area (Å²) in [4.78, 5) is 31.5. The highest BCUT2D eigenvalue weighted by molar-refractivity contribution is 6.03. The second-order valence-electron chi connectivity index (χ2n) is 5.68. The zero-order valence-corrected chi connectivity index (χ0v) is 12.7. The summed E-state index contributed by atoms with van der Waals surface area (Å²) in [7, 11) is 2.09. The number of nitrogens with one attached hydrogen (secondary N) is 1. The number of carbonyl (C=O) groups excluding carboxylic acids is 2. The predicted molar refractivity (Wildman–Crippen MR) is 78.5 cm³/mol. The molecule has 20 heavy (non-hydrogen) atoms. The third kappa shape index (κ3) is 2.99. The van der Waals surface area contributed by atoms with Crippen LogP contribution in [0.5, 0.6) is 0 Å². The molecule has 0 unspecified atom stereocenters. The molecule has 2 heterocycles. The van der Waals surface area contributed by atoms with Crippen LogP contribution >= 0.6 is 0 Å². The number of aryl methyl sites for hydroxylation is 1. The molecule has 0 aromatic carbocycles. The number of piperazine rings is 1. The summed E-state index contributed by atoms with van der Waals surface area (Å²) >= 11 is 0. The molecule has 5 nitrogen and oxygen atoms in total. The van der Waals surface area contributed by atoms with Crippen LogP contribution in [0.3, 0.4) is 0 Å². The molecule has 0 bridgehead atoms. The van der Waals surface area contributed by atoms with Crippen molar-refractivity contribution in [2.24, 2.45) is 0 Å². The first-order valence-electron chi connectivity index (χ1n) is 7.04. The predicted octanol–water partition coefficient (Wildman–Crippen LogP) is 1.26. The highest BCUT2D eigenvalue weighted by atomic mass is 16.1. The van der Waals surface area contributed by atoms with Crippen molar-refractivity contribution in [1.82, 2.24) is 14.8 Å². The molecule has 0 amide bonds. The van der Waals surface area contributed by atoms with Crippen LogP contribution in [0.25, 0.3) is 0 Å². The zero-order valence-electron chi connectivity index (χ0n) is 12.7. The number of aromatic amines is 1. The van der Waals surface area contributed by atoms with Gasteiger partial charge in [-0.25, -0.2) is 0 Å². The fourth-order valence-corrected chi connectivity index (χ4v) is 2.85. The fraction of sp³-hybridized carbons (Fsp3) is 0.600. The van der Waals surface area contributed by atoms with Crippen LogP contribution in [0.15, 0.2) is 0 Å². The minimum atomic E-state index is 0.00916. The first-order chi connectivity index (χ1) is 9.40. The molecule has 110 valence electrons. The molecular weight excluding hydrogens is 254 g/mol. The normalized spacial score (nSPS) is 17.4. The monoisotopic (exact) mass is 277 g/mol. The Morgan fingerprint density at radius 2 is 1.75 bits per heavy atom. The fourth-order valence-electron chi connectivity index (χ4n) is 2.85. The number of ketones is 2. The zero-order chi connectivity index (χ0) is 14.9. The molecule has 0 radical (unpaired) electrons. The molecule has 1 aliphatic rings. The number of aromatic nitrogens is 1. The highest BCUT2D eigenvalue weighted by Gasteiger charge is 2.22. The summed E-state index contributed by atoms with van der Waals surface area (Å²) in [5, 5.41) is 0. The number of rotatable bonds is 4. The Morgan fingerprint density at radius 1 is 1.15 bits per heavy atom. The van der Waals surface area contributed by atoms with Gasteiger partial charge in [-0.2, -0.15) is 0 Å². The molecule has 0 spiro atoms. The van der Waals surface area contributed by atoms with Crippen molar-refractivity contribution in [3.05, 3.63) is 22.5 Å². The lowest BCUT2D eigenvalue weighted by molar-refractivity contribution is 0.0871. The second-order valence-corrected chi connectivity index (χ2v) is 5.68. The van der Waals surface area contributed by atoms with Crippen LogP contribution in [-0.2, 0) is 0 Å². The number of hydrogen-bond acceptors (Lipinski definition) is 4. The number of nitrogens with zero attached hydrogens (tertiary/aromatic N) is 2. The van der Waals surface area contributed by atoms with Gasteiger partial charge in [0.2, 0.25) is 0 Å². The lowest BCUT2D eigenvalue weighted by Gasteiger charge is -2.31. The second kappa shape index (κ2) is 5.89. The first-order valence-corrected chi connectivity index (χ1v) is 7.04. The molecule has 0 atom stereocenters. The average Bonchev–Trinajstić information content (AvgIpc) is 2.67. The van der Waals surface area contributed by atoms with Crippen molar-refractivity contribution in [3.63, 3.8) is 0 Å². The van der Waals surface area contributed by atoms with E-state index in [0.29, 0.717) is 17.8 Å². The van der Waals surface area contributed by atoms with Crippen molar-refractivity contribution in [2.75, 3.05) is 39.8 Å². The number of likely N-dealkylation sites (N-methyl/N-ethyl adjacent to an activating group) is 1. The molecular formula is C15H23N3O2. The van der Waals surface area contributed by atoms with Crippen LogP contribution in [0.2, 0.25) is 0 Å². The Morgan fingerprint density at radius 3 is 2.25 bits per heavy atom. The van der Waals surface area contributed by atoms with Crippen LogP contribution < -0.4 is 0 Å².